The van der Waals surface area contributed by atoms with Crippen LogP contribution in [0.2, 0.25) is 0 Å². The van der Waals surface area contributed by atoms with E-state index in [0.29, 0.717) is 25.2 Å². The van der Waals surface area contributed by atoms with Gasteiger partial charge in [0.15, 0.2) is 11.2 Å². The summed E-state index contributed by atoms with van der Waals surface area (Å²) >= 11 is 0. The second-order valence-electron chi connectivity index (χ2n) is 8.21. The van der Waals surface area contributed by atoms with E-state index >= 15 is 0 Å². The van der Waals surface area contributed by atoms with Gasteiger partial charge in [-0.3, -0.25) is 9.59 Å². The van der Waals surface area contributed by atoms with Gasteiger partial charge < -0.3 is 19.0 Å². The van der Waals surface area contributed by atoms with Gasteiger partial charge in [-0.25, -0.2) is 0 Å². The Balaban J connectivity index is 1.57. The maximum absolute atomic E-state index is 12.6. The van der Waals surface area contributed by atoms with Crippen LogP contribution in [0.4, 0.5) is 0 Å². The van der Waals surface area contributed by atoms with Crippen molar-refractivity contribution in [3.05, 3.63) is 58.8 Å². The fraction of sp³-hybridized carbons (Fsp3) is 0.333. The van der Waals surface area contributed by atoms with Crippen LogP contribution in [0.15, 0.2) is 57.7 Å². The Labute approximate surface area is 174 Å². The first kappa shape index (κ1) is 20.2. The van der Waals surface area contributed by atoms with Crippen LogP contribution in [-0.2, 0) is 9.53 Å². The lowest BCUT2D eigenvalue weighted by Crippen LogP contribution is -2.38. The van der Waals surface area contributed by atoms with Gasteiger partial charge in [-0.1, -0.05) is 30.3 Å². The summed E-state index contributed by atoms with van der Waals surface area (Å²) in [6.07, 6.45) is 1.32. The fourth-order valence-electron chi connectivity index (χ4n) is 3.85. The van der Waals surface area contributed by atoms with Crippen LogP contribution >= 0.6 is 0 Å². The maximum Gasteiger partial charge on any atom is 0.197 e. The lowest BCUT2D eigenvalue weighted by atomic mass is 9.86. The smallest absolute Gasteiger partial charge is 0.197 e. The number of Topliss-reactive ketones (excluding diaryl/α,β-unsaturated/α-hetero) is 1. The second kappa shape index (κ2) is 7.95. The van der Waals surface area contributed by atoms with Crippen molar-refractivity contribution in [3.63, 3.8) is 0 Å². The van der Waals surface area contributed by atoms with Gasteiger partial charge in [0, 0.05) is 36.3 Å². The number of phenols is 1. The van der Waals surface area contributed by atoms with E-state index in [4.69, 9.17) is 13.9 Å². The molecule has 156 valence electrons. The van der Waals surface area contributed by atoms with Gasteiger partial charge >= 0.3 is 0 Å². The van der Waals surface area contributed by atoms with E-state index in [2.05, 4.69) is 0 Å². The summed E-state index contributed by atoms with van der Waals surface area (Å²) in [6.45, 7) is 4.38. The van der Waals surface area contributed by atoms with Crippen LogP contribution in [0.5, 0.6) is 11.5 Å². The summed E-state index contributed by atoms with van der Waals surface area (Å²) in [5.74, 6) is 0.296. The van der Waals surface area contributed by atoms with Gasteiger partial charge in [0.25, 0.3) is 0 Å². The van der Waals surface area contributed by atoms with E-state index in [1.165, 1.54) is 18.2 Å². The Morgan fingerprint density at radius 3 is 2.70 bits per heavy atom. The van der Waals surface area contributed by atoms with Crippen LogP contribution in [0.25, 0.3) is 22.3 Å². The average molecular weight is 408 g/mol. The molecule has 0 spiro atoms. The molecule has 30 heavy (non-hydrogen) atoms. The molecular weight excluding hydrogens is 384 g/mol. The minimum atomic E-state index is -0.348. The number of carbonyl (C=O) groups is 1. The van der Waals surface area contributed by atoms with Crippen molar-refractivity contribution < 1.29 is 23.8 Å². The van der Waals surface area contributed by atoms with Crippen molar-refractivity contribution in [2.24, 2.45) is 5.92 Å². The number of hydrogen-bond donors (Lipinski definition) is 1. The molecule has 0 bridgehead atoms. The molecule has 1 aromatic heterocycles. The Morgan fingerprint density at radius 1 is 1.20 bits per heavy atom. The quantitative estimate of drug-likeness (QED) is 0.677. The molecule has 0 saturated carbocycles. The minimum absolute atomic E-state index is 0.00884. The lowest BCUT2D eigenvalue weighted by Gasteiger charge is -2.34. The molecule has 2 aromatic carbocycles. The van der Waals surface area contributed by atoms with Crippen LogP contribution in [0.3, 0.4) is 0 Å². The van der Waals surface area contributed by atoms with E-state index in [9.17, 15) is 14.7 Å². The summed E-state index contributed by atoms with van der Waals surface area (Å²) < 4.78 is 17.2. The number of rotatable bonds is 5. The molecule has 2 heterocycles. The molecular formula is C24H24O6. The molecule has 1 aliphatic heterocycles. The van der Waals surface area contributed by atoms with Crippen LogP contribution in [0, 0.1) is 5.92 Å². The average Bonchev–Trinajstić information content (AvgIpc) is 2.71. The maximum atomic E-state index is 12.6. The Kier molecular flexibility index (Phi) is 5.35. The monoisotopic (exact) mass is 408 g/mol. The van der Waals surface area contributed by atoms with E-state index in [1.807, 2.05) is 44.2 Å². The summed E-state index contributed by atoms with van der Waals surface area (Å²) in [6, 6.07) is 13.5. The first-order valence-electron chi connectivity index (χ1n) is 9.98. The normalized spacial score (nSPS) is 18.3. The highest BCUT2D eigenvalue weighted by atomic mass is 16.5. The van der Waals surface area contributed by atoms with Crippen molar-refractivity contribution in [3.8, 4) is 22.8 Å². The summed E-state index contributed by atoms with van der Waals surface area (Å²) in [4.78, 5) is 25.1. The molecule has 1 aliphatic rings. The SMILES string of the molecule is CC1(C)CC(C(=O)COc2cc(O)c3c(=O)cc(-c4ccccc4)oc3c2)CCO1. The van der Waals surface area contributed by atoms with Gasteiger partial charge in [-0.05, 0) is 26.7 Å². The summed E-state index contributed by atoms with van der Waals surface area (Å²) in [5.41, 5.74) is 0.284. The third-order valence-electron chi connectivity index (χ3n) is 5.38. The molecule has 3 aromatic rings. The molecule has 1 fully saturated rings. The number of fused-ring (bicyclic) bond motifs is 1. The van der Waals surface area contributed by atoms with Crippen LogP contribution in [0.1, 0.15) is 26.7 Å². The predicted octanol–water partition coefficient (Wildman–Crippen LogP) is 4.32. The predicted molar refractivity (Wildman–Crippen MR) is 113 cm³/mol. The lowest BCUT2D eigenvalue weighted by molar-refractivity contribution is -0.135. The highest BCUT2D eigenvalue weighted by Crippen LogP contribution is 2.32. The number of aromatic hydroxyl groups is 1. The molecule has 6 nitrogen and oxygen atoms in total. The van der Waals surface area contributed by atoms with Crippen molar-refractivity contribution in [1.82, 2.24) is 0 Å². The number of benzene rings is 2. The molecule has 4 rings (SSSR count). The van der Waals surface area contributed by atoms with E-state index in [-0.39, 0.29) is 51.8 Å². The van der Waals surface area contributed by atoms with Crippen LogP contribution < -0.4 is 10.2 Å². The number of hydrogen-bond acceptors (Lipinski definition) is 6. The number of phenolic OH excluding ortho intramolecular Hbond substituents is 1. The molecule has 1 unspecified atom stereocenters. The first-order chi connectivity index (χ1) is 14.3. The van der Waals surface area contributed by atoms with E-state index in [1.54, 1.807) is 0 Å². The molecule has 0 radical (unpaired) electrons. The van der Waals surface area contributed by atoms with Gasteiger partial charge in [0.2, 0.25) is 0 Å². The minimum Gasteiger partial charge on any atom is -0.507 e. The number of ketones is 1. The van der Waals surface area contributed by atoms with Gasteiger partial charge in [-0.2, -0.15) is 0 Å². The Bertz CT molecular complexity index is 1130. The van der Waals surface area contributed by atoms with Gasteiger partial charge in [-0.15, -0.1) is 0 Å². The fourth-order valence-corrected chi connectivity index (χ4v) is 3.85. The summed E-state index contributed by atoms with van der Waals surface area (Å²) in [5, 5.41) is 10.4. The topological polar surface area (TPSA) is 86.0 Å². The highest BCUT2D eigenvalue weighted by Gasteiger charge is 2.32. The molecule has 6 heteroatoms. The van der Waals surface area contributed by atoms with E-state index < -0.39 is 0 Å². The zero-order chi connectivity index (χ0) is 21.3. The van der Waals surface area contributed by atoms with Crippen molar-refractivity contribution in [2.45, 2.75) is 32.3 Å². The largest absolute Gasteiger partial charge is 0.507 e. The molecule has 1 N–H and O–H groups in total. The molecule has 0 amide bonds. The van der Waals surface area contributed by atoms with Crippen LogP contribution in [-0.4, -0.2) is 29.7 Å². The van der Waals surface area contributed by atoms with Crippen molar-refractivity contribution in [2.75, 3.05) is 13.2 Å². The highest BCUT2D eigenvalue weighted by molar-refractivity contribution is 5.86. The third kappa shape index (κ3) is 4.24. The van der Waals surface area contributed by atoms with Crippen molar-refractivity contribution >= 4 is 16.8 Å². The standard InChI is InChI=1S/C24H24O6/c1-24(2)13-16(8-9-29-24)20(27)14-28-17-10-18(25)23-19(26)12-21(30-22(23)11-17)15-6-4-3-5-7-15/h3-7,10-12,16,25H,8-9,13-14H2,1-2H3. The number of ether oxygens (including phenoxy) is 2. The first-order valence-corrected chi connectivity index (χ1v) is 9.98. The Morgan fingerprint density at radius 2 is 1.97 bits per heavy atom. The zero-order valence-corrected chi connectivity index (χ0v) is 17.0. The molecule has 0 aliphatic carbocycles. The molecule has 1 atom stereocenters. The second-order valence-corrected chi connectivity index (χ2v) is 8.21. The van der Waals surface area contributed by atoms with E-state index in [0.717, 1.165) is 5.56 Å². The Hall–Kier alpha value is -3.12. The zero-order valence-electron chi connectivity index (χ0n) is 17.0. The van der Waals surface area contributed by atoms with Gasteiger partial charge in [0.1, 0.15) is 34.8 Å². The van der Waals surface area contributed by atoms with Gasteiger partial charge in [0.05, 0.1) is 5.60 Å². The number of carbonyl (C=O) groups excluding carboxylic acids is 1. The molecule has 1 saturated heterocycles. The summed E-state index contributed by atoms with van der Waals surface area (Å²) in [7, 11) is 0. The van der Waals surface area contributed by atoms with Crippen molar-refractivity contribution in [1.29, 1.82) is 0 Å². The third-order valence-corrected chi connectivity index (χ3v) is 5.38.